The molecule has 1 N–H and O–H groups in total. The first-order valence-corrected chi connectivity index (χ1v) is 6.45. The van der Waals surface area contributed by atoms with E-state index in [0.29, 0.717) is 0 Å². The maximum atomic E-state index is 12.1. The van der Waals surface area contributed by atoms with Gasteiger partial charge in [-0.2, -0.15) is 8.99 Å². The van der Waals surface area contributed by atoms with Crippen LogP contribution in [0.15, 0.2) is 40.0 Å². The maximum absolute atomic E-state index is 12.1. The molecular formula is C9H11N5O3S. The fraction of sp³-hybridized carbons (Fsp3) is 0.222. The summed E-state index contributed by atoms with van der Waals surface area (Å²) in [6.45, 7) is -0.202. The Morgan fingerprint density at radius 3 is 2.56 bits per heavy atom. The fourth-order valence-electron chi connectivity index (χ4n) is 1.35. The van der Waals surface area contributed by atoms with E-state index in [4.69, 9.17) is 0 Å². The van der Waals surface area contributed by atoms with E-state index in [2.05, 4.69) is 15.5 Å². The highest BCUT2D eigenvalue weighted by Gasteiger charge is 2.21. The first-order chi connectivity index (χ1) is 8.51. The van der Waals surface area contributed by atoms with Crippen molar-refractivity contribution in [3.63, 3.8) is 0 Å². The molecule has 18 heavy (non-hydrogen) atoms. The second kappa shape index (κ2) is 4.70. The molecule has 8 nitrogen and oxygen atoms in total. The minimum atomic E-state index is -3.64. The first kappa shape index (κ1) is 12.5. The summed E-state index contributed by atoms with van der Waals surface area (Å²) >= 11 is 0. The molecule has 0 saturated heterocycles. The average molecular weight is 269 g/mol. The predicted octanol–water partition coefficient (Wildman–Crippen LogP) is -0.755. The van der Waals surface area contributed by atoms with Crippen LogP contribution in [0.3, 0.4) is 0 Å². The first-order valence-electron chi connectivity index (χ1n) is 5.01. The van der Waals surface area contributed by atoms with Crippen molar-refractivity contribution in [1.82, 2.24) is 24.5 Å². The number of hydrogen-bond acceptors (Lipinski definition) is 5. The molecule has 0 saturated carbocycles. The third-order valence-electron chi connectivity index (χ3n) is 2.32. The molecule has 0 aliphatic heterocycles. The normalized spacial score (nSPS) is 11.9. The number of nitrogens with one attached hydrogen (secondary N) is 1. The molecule has 96 valence electrons. The van der Waals surface area contributed by atoms with Gasteiger partial charge in [-0.25, -0.2) is 18.3 Å². The standard InChI is InChI=1S/C9H11N5O3S/c1-13(7-14-9(15)10-11-12-14)18(16,17)8-5-3-2-4-6-8/h2-6H,7H2,1H3,(H,10,12,15). The van der Waals surface area contributed by atoms with Gasteiger partial charge in [0.2, 0.25) is 10.0 Å². The summed E-state index contributed by atoms with van der Waals surface area (Å²) in [6, 6.07) is 7.95. The minimum absolute atomic E-state index is 0.157. The monoisotopic (exact) mass is 269 g/mol. The van der Waals surface area contributed by atoms with Gasteiger partial charge in [-0.3, -0.25) is 0 Å². The van der Waals surface area contributed by atoms with Gasteiger partial charge in [0, 0.05) is 7.05 Å². The summed E-state index contributed by atoms with van der Waals surface area (Å²) in [5.41, 5.74) is -0.565. The van der Waals surface area contributed by atoms with Crippen LogP contribution in [0.5, 0.6) is 0 Å². The zero-order valence-corrected chi connectivity index (χ0v) is 10.3. The Labute approximate surface area is 103 Å². The van der Waals surface area contributed by atoms with Crippen molar-refractivity contribution in [3.8, 4) is 0 Å². The van der Waals surface area contributed by atoms with Gasteiger partial charge in [0.1, 0.15) is 6.67 Å². The lowest BCUT2D eigenvalue weighted by Crippen LogP contribution is -2.33. The highest BCUT2D eigenvalue weighted by molar-refractivity contribution is 7.89. The highest BCUT2D eigenvalue weighted by Crippen LogP contribution is 2.13. The highest BCUT2D eigenvalue weighted by atomic mass is 32.2. The summed E-state index contributed by atoms with van der Waals surface area (Å²) in [4.78, 5) is 11.3. The van der Waals surface area contributed by atoms with Crippen LogP contribution >= 0.6 is 0 Å². The Bertz CT molecular complexity index is 675. The van der Waals surface area contributed by atoms with Crippen molar-refractivity contribution in [3.05, 3.63) is 40.8 Å². The van der Waals surface area contributed by atoms with E-state index < -0.39 is 15.7 Å². The number of tetrazole rings is 1. The van der Waals surface area contributed by atoms with Gasteiger partial charge in [-0.15, -0.1) is 0 Å². The molecular weight excluding hydrogens is 258 g/mol. The van der Waals surface area contributed by atoms with E-state index in [9.17, 15) is 13.2 Å². The Balaban J connectivity index is 2.27. The Kier molecular flexibility index (Phi) is 3.26. The molecule has 0 aliphatic rings. The number of benzene rings is 1. The van der Waals surface area contributed by atoms with Gasteiger partial charge in [-0.1, -0.05) is 18.2 Å². The zero-order chi connectivity index (χ0) is 13.2. The molecule has 1 heterocycles. The topological polar surface area (TPSA) is 101 Å². The summed E-state index contributed by atoms with van der Waals surface area (Å²) in [6.07, 6.45) is 0. The van der Waals surface area contributed by atoms with Crippen LogP contribution in [0.2, 0.25) is 0 Å². The van der Waals surface area contributed by atoms with Crippen molar-refractivity contribution in [2.75, 3.05) is 7.05 Å². The molecule has 1 aromatic carbocycles. The van der Waals surface area contributed by atoms with Crippen molar-refractivity contribution >= 4 is 10.0 Å². The molecule has 0 unspecified atom stereocenters. The van der Waals surface area contributed by atoms with Gasteiger partial charge in [0.05, 0.1) is 4.90 Å². The Morgan fingerprint density at radius 1 is 1.33 bits per heavy atom. The molecule has 0 spiro atoms. The summed E-state index contributed by atoms with van der Waals surface area (Å²) in [5.74, 6) is 0. The van der Waals surface area contributed by atoms with Gasteiger partial charge >= 0.3 is 5.69 Å². The van der Waals surface area contributed by atoms with Crippen molar-refractivity contribution in [2.45, 2.75) is 11.6 Å². The largest absolute Gasteiger partial charge is 0.362 e. The third kappa shape index (κ3) is 2.31. The van der Waals surface area contributed by atoms with Crippen molar-refractivity contribution < 1.29 is 8.42 Å². The quantitative estimate of drug-likeness (QED) is 0.786. The lowest BCUT2D eigenvalue weighted by Gasteiger charge is -2.15. The van der Waals surface area contributed by atoms with Gasteiger partial charge in [0.25, 0.3) is 0 Å². The minimum Gasteiger partial charge on any atom is -0.244 e. The van der Waals surface area contributed by atoms with Crippen LogP contribution in [-0.4, -0.2) is 40.0 Å². The number of aromatic amines is 1. The summed E-state index contributed by atoms with van der Waals surface area (Å²) in [7, 11) is -2.28. The number of nitrogens with zero attached hydrogens (tertiary/aromatic N) is 4. The van der Waals surface area contributed by atoms with Crippen LogP contribution in [0.4, 0.5) is 0 Å². The number of H-pyrrole nitrogens is 1. The molecule has 0 aliphatic carbocycles. The molecule has 2 aromatic rings. The number of sulfonamides is 1. The predicted molar refractivity (Wildman–Crippen MR) is 62.0 cm³/mol. The molecule has 9 heteroatoms. The van der Waals surface area contributed by atoms with E-state index in [-0.39, 0.29) is 11.6 Å². The van der Waals surface area contributed by atoms with Crippen LogP contribution < -0.4 is 5.69 Å². The van der Waals surface area contributed by atoms with E-state index in [1.54, 1.807) is 18.2 Å². The number of rotatable bonds is 4. The molecule has 0 atom stereocenters. The second-order valence-corrected chi connectivity index (χ2v) is 5.61. The fourth-order valence-corrected chi connectivity index (χ4v) is 2.47. The lowest BCUT2D eigenvalue weighted by molar-refractivity contribution is 0.365. The second-order valence-electron chi connectivity index (χ2n) is 3.56. The molecule has 2 rings (SSSR count). The van der Waals surface area contributed by atoms with Gasteiger partial charge in [-0.05, 0) is 22.6 Å². The van der Waals surface area contributed by atoms with Gasteiger partial charge in [0.15, 0.2) is 0 Å². The molecule has 0 fully saturated rings. The SMILES string of the molecule is CN(Cn1nn[nH]c1=O)S(=O)(=O)c1ccccc1. The van der Waals surface area contributed by atoms with Crippen LogP contribution in [0.1, 0.15) is 0 Å². The Morgan fingerprint density at radius 2 is 2.00 bits per heavy atom. The molecule has 0 amide bonds. The molecule has 0 bridgehead atoms. The molecule has 1 aromatic heterocycles. The zero-order valence-electron chi connectivity index (χ0n) is 9.52. The van der Waals surface area contributed by atoms with Crippen LogP contribution in [0.25, 0.3) is 0 Å². The third-order valence-corrected chi connectivity index (χ3v) is 4.12. The van der Waals surface area contributed by atoms with E-state index >= 15 is 0 Å². The van der Waals surface area contributed by atoms with Crippen molar-refractivity contribution in [1.29, 1.82) is 0 Å². The molecule has 0 radical (unpaired) electrons. The lowest BCUT2D eigenvalue weighted by atomic mass is 10.4. The number of aromatic nitrogens is 4. The average Bonchev–Trinajstić information content (AvgIpc) is 2.76. The van der Waals surface area contributed by atoms with Crippen LogP contribution in [0, 0.1) is 0 Å². The Hall–Kier alpha value is -2.00. The summed E-state index contributed by atoms with van der Waals surface area (Å²) in [5, 5.41) is 8.83. The van der Waals surface area contributed by atoms with E-state index in [0.717, 1.165) is 8.99 Å². The maximum Gasteiger partial charge on any atom is 0.362 e. The van der Waals surface area contributed by atoms with E-state index in [1.165, 1.54) is 19.2 Å². The smallest absolute Gasteiger partial charge is 0.244 e. The van der Waals surface area contributed by atoms with Crippen molar-refractivity contribution in [2.24, 2.45) is 0 Å². The van der Waals surface area contributed by atoms with E-state index in [1.807, 2.05) is 0 Å². The van der Waals surface area contributed by atoms with Crippen LogP contribution in [-0.2, 0) is 16.7 Å². The summed E-state index contributed by atoms with van der Waals surface area (Å²) < 4.78 is 26.2. The number of hydrogen-bond donors (Lipinski definition) is 1. The van der Waals surface area contributed by atoms with Gasteiger partial charge < -0.3 is 0 Å².